The summed E-state index contributed by atoms with van der Waals surface area (Å²) < 4.78 is 5.67. The molecule has 2 nitrogen and oxygen atoms in total. The Labute approximate surface area is 96.6 Å². The van der Waals surface area contributed by atoms with Gasteiger partial charge in [0.05, 0.1) is 0 Å². The second-order valence-corrected chi connectivity index (χ2v) is 4.69. The van der Waals surface area contributed by atoms with Gasteiger partial charge in [0, 0.05) is 6.42 Å². The largest absolute Gasteiger partial charge is 0.483 e. The van der Waals surface area contributed by atoms with Crippen molar-refractivity contribution in [2.45, 2.75) is 45.1 Å². The predicted molar refractivity (Wildman–Crippen MR) is 63.8 cm³/mol. The van der Waals surface area contributed by atoms with Gasteiger partial charge in [0.2, 0.25) is 0 Å². The van der Waals surface area contributed by atoms with Gasteiger partial charge >= 0.3 is 0 Å². The van der Waals surface area contributed by atoms with Crippen LogP contribution in [0.4, 0.5) is 0 Å². The maximum Gasteiger partial charge on any atom is 0.173 e. The van der Waals surface area contributed by atoms with Crippen LogP contribution < -0.4 is 4.74 Å². The number of benzene rings is 1. The van der Waals surface area contributed by atoms with Crippen LogP contribution in [0.25, 0.3) is 0 Å². The van der Waals surface area contributed by atoms with Crippen molar-refractivity contribution < 1.29 is 9.53 Å². The molecule has 1 aliphatic rings. The number of hydrogen-bond donors (Lipinski definition) is 0. The summed E-state index contributed by atoms with van der Waals surface area (Å²) in [6.45, 7) is 4.33. The van der Waals surface area contributed by atoms with Crippen molar-refractivity contribution in [2.24, 2.45) is 0 Å². The fraction of sp³-hybridized carbons (Fsp3) is 0.500. The number of Topliss-reactive ketones (excluding diaryl/α,β-unsaturated/α-hetero) is 1. The predicted octanol–water partition coefficient (Wildman–Crippen LogP) is 3.31. The van der Waals surface area contributed by atoms with E-state index in [4.69, 9.17) is 4.74 Å². The number of ketones is 1. The monoisotopic (exact) mass is 218 g/mol. The lowest BCUT2D eigenvalue weighted by Gasteiger charge is -2.13. The third-order valence-corrected chi connectivity index (χ3v) is 3.07. The van der Waals surface area contributed by atoms with Crippen molar-refractivity contribution in [1.82, 2.24) is 0 Å². The van der Waals surface area contributed by atoms with E-state index in [1.807, 2.05) is 12.1 Å². The molecular weight excluding hydrogens is 200 g/mol. The first kappa shape index (κ1) is 11.2. The zero-order valence-electron chi connectivity index (χ0n) is 9.90. The standard InChI is InChI=1S/C14H18O2/c1-10(2)11-6-8-12(9-7-11)16-14-5-3-4-13(14)15/h6-10,14H,3-5H2,1-2H3. The highest BCUT2D eigenvalue weighted by Crippen LogP contribution is 2.23. The van der Waals surface area contributed by atoms with Crippen LogP contribution in [-0.2, 0) is 4.79 Å². The van der Waals surface area contributed by atoms with Crippen molar-refractivity contribution in [3.05, 3.63) is 29.8 Å². The Morgan fingerprint density at radius 1 is 1.25 bits per heavy atom. The average Bonchev–Trinajstić information content (AvgIpc) is 2.65. The molecule has 0 spiro atoms. The van der Waals surface area contributed by atoms with Gasteiger partial charge in [0.1, 0.15) is 5.75 Å². The van der Waals surface area contributed by atoms with Crippen molar-refractivity contribution in [3.8, 4) is 5.75 Å². The summed E-state index contributed by atoms with van der Waals surface area (Å²) in [6.07, 6.45) is 2.30. The second-order valence-electron chi connectivity index (χ2n) is 4.69. The summed E-state index contributed by atoms with van der Waals surface area (Å²) in [5.41, 5.74) is 1.30. The van der Waals surface area contributed by atoms with Gasteiger partial charge in [-0.25, -0.2) is 0 Å². The minimum Gasteiger partial charge on any atom is -0.483 e. The van der Waals surface area contributed by atoms with Gasteiger partial charge in [-0.2, -0.15) is 0 Å². The molecule has 2 rings (SSSR count). The first-order valence-electron chi connectivity index (χ1n) is 5.96. The minimum absolute atomic E-state index is 0.204. The Morgan fingerprint density at radius 2 is 1.94 bits per heavy atom. The second kappa shape index (κ2) is 4.69. The lowest BCUT2D eigenvalue weighted by Crippen LogP contribution is -2.20. The van der Waals surface area contributed by atoms with Crippen LogP contribution in [0.2, 0.25) is 0 Å². The van der Waals surface area contributed by atoms with Gasteiger partial charge in [-0.3, -0.25) is 4.79 Å². The fourth-order valence-electron chi connectivity index (χ4n) is 2.00. The molecule has 1 saturated carbocycles. The van der Waals surface area contributed by atoms with Crippen LogP contribution in [0.3, 0.4) is 0 Å². The molecule has 0 aliphatic heterocycles. The molecule has 0 N–H and O–H groups in total. The normalized spacial score (nSPS) is 20.4. The highest BCUT2D eigenvalue weighted by atomic mass is 16.5. The molecule has 0 saturated heterocycles. The molecular formula is C14H18O2. The van der Waals surface area contributed by atoms with E-state index in [0.717, 1.165) is 18.6 Å². The summed E-state index contributed by atoms with van der Waals surface area (Å²) in [5.74, 6) is 1.58. The fourth-order valence-corrected chi connectivity index (χ4v) is 2.00. The zero-order chi connectivity index (χ0) is 11.5. The maximum atomic E-state index is 11.4. The molecule has 0 amide bonds. The summed E-state index contributed by atoms with van der Waals surface area (Å²) in [4.78, 5) is 11.4. The third kappa shape index (κ3) is 2.43. The van der Waals surface area contributed by atoms with E-state index in [1.165, 1.54) is 5.56 Å². The van der Waals surface area contributed by atoms with Gasteiger partial charge in [-0.05, 0) is 36.5 Å². The van der Waals surface area contributed by atoms with E-state index < -0.39 is 0 Å². The molecule has 2 heteroatoms. The number of hydrogen-bond acceptors (Lipinski definition) is 2. The van der Waals surface area contributed by atoms with Gasteiger partial charge in [-0.1, -0.05) is 26.0 Å². The lowest BCUT2D eigenvalue weighted by atomic mass is 10.0. The highest BCUT2D eigenvalue weighted by Gasteiger charge is 2.25. The highest BCUT2D eigenvalue weighted by molar-refractivity contribution is 5.85. The lowest BCUT2D eigenvalue weighted by molar-refractivity contribution is -0.123. The topological polar surface area (TPSA) is 26.3 Å². The summed E-state index contributed by atoms with van der Waals surface area (Å²) >= 11 is 0. The molecule has 1 aromatic rings. The van der Waals surface area contributed by atoms with E-state index in [1.54, 1.807) is 0 Å². The van der Waals surface area contributed by atoms with Crippen molar-refractivity contribution in [3.63, 3.8) is 0 Å². The van der Waals surface area contributed by atoms with Gasteiger partial charge in [0.15, 0.2) is 11.9 Å². The van der Waals surface area contributed by atoms with Crippen molar-refractivity contribution >= 4 is 5.78 Å². The molecule has 1 unspecified atom stereocenters. The molecule has 1 aliphatic carbocycles. The van der Waals surface area contributed by atoms with Gasteiger partial charge in [-0.15, -0.1) is 0 Å². The van der Waals surface area contributed by atoms with Gasteiger partial charge < -0.3 is 4.74 Å². The Morgan fingerprint density at radius 3 is 2.44 bits per heavy atom. The van der Waals surface area contributed by atoms with E-state index in [2.05, 4.69) is 26.0 Å². The quantitative estimate of drug-likeness (QED) is 0.778. The third-order valence-electron chi connectivity index (χ3n) is 3.07. The summed E-state index contributed by atoms with van der Waals surface area (Å²) in [6, 6.07) is 8.06. The minimum atomic E-state index is -0.204. The number of rotatable bonds is 3. The van der Waals surface area contributed by atoms with Crippen molar-refractivity contribution in [1.29, 1.82) is 0 Å². The van der Waals surface area contributed by atoms with Gasteiger partial charge in [0.25, 0.3) is 0 Å². The van der Waals surface area contributed by atoms with Crippen LogP contribution in [-0.4, -0.2) is 11.9 Å². The molecule has 0 aromatic heterocycles. The van der Waals surface area contributed by atoms with E-state index >= 15 is 0 Å². The van der Waals surface area contributed by atoms with Crippen molar-refractivity contribution in [2.75, 3.05) is 0 Å². The Bertz CT molecular complexity index is 365. The molecule has 16 heavy (non-hydrogen) atoms. The molecule has 0 bridgehead atoms. The number of ether oxygens (including phenoxy) is 1. The van der Waals surface area contributed by atoms with Crippen LogP contribution in [0.1, 0.15) is 44.6 Å². The average molecular weight is 218 g/mol. The Kier molecular flexibility index (Phi) is 3.28. The van der Waals surface area contributed by atoms with Crippen LogP contribution in [0.5, 0.6) is 5.75 Å². The first-order valence-corrected chi connectivity index (χ1v) is 5.96. The van der Waals surface area contributed by atoms with E-state index in [9.17, 15) is 4.79 Å². The summed E-state index contributed by atoms with van der Waals surface area (Å²) in [5, 5.41) is 0. The summed E-state index contributed by atoms with van der Waals surface area (Å²) in [7, 11) is 0. The van der Waals surface area contributed by atoms with E-state index in [-0.39, 0.29) is 11.9 Å². The first-order chi connectivity index (χ1) is 7.66. The molecule has 1 atom stereocenters. The van der Waals surface area contributed by atoms with Crippen LogP contribution in [0, 0.1) is 0 Å². The molecule has 1 fully saturated rings. The smallest absolute Gasteiger partial charge is 0.173 e. The number of carbonyl (C=O) groups is 1. The van der Waals surface area contributed by atoms with E-state index in [0.29, 0.717) is 12.3 Å². The molecule has 0 radical (unpaired) electrons. The van der Waals surface area contributed by atoms with Crippen LogP contribution in [0.15, 0.2) is 24.3 Å². The Balaban J connectivity index is 2.02. The Hall–Kier alpha value is -1.31. The number of carbonyl (C=O) groups excluding carboxylic acids is 1. The molecule has 86 valence electrons. The molecule has 1 aromatic carbocycles. The van der Waals surface area contributed by atoms with Crippen LogP contribution >= 0.6 is 0 Å². The molecule has 0 heterocycles. The maximum absolute atomic E-state index is 11.4. The SMILES string of the molecule is CC(C)c1ccc(OC2CCCC2=O)cc1. The zero-order valence-corrected chi connectivity index (χ0v) is 9.90.